The minimum absolute atomic E-state index is 0.163. The largest absolute Gasteiger partial charge is 0.493 e. The van der Waals surface area contributed by atoms with Gasteiger partial charge in [-0.3, -0.25) is 0 Å². The van der Waals surface area contributed by atoms with Crippen LogP contribution in [0.15, 0.2) is 17.0 Å². The first-order chi connectivity index (χ1) is 9.42. The maximum absolute atomic E-state index is 11.6. The van der Waals surface area contributed by atoms with Crippen molar-refractivity contribution >= 4 is 10.0 Å². The van der Waals surface area contributed by atoms with Gasteiger partial charge in [0.2, 0.25) is 10.0 Å². The van der Waals surface area contributed by atoms with Gasteiger partial charge in [0.05, 0.1) is 11.5 Å². The van der Waals surface area contributed by atoms with Crippen molar-refractivity contribution in [2.24, 2.45) is 10.6 Å². The molecule has 0 bridgehead atoms. The van der Waals surface area contributed by atoms with E-state index < -0.39 is 10.0 Å². The highest BCUT2D eigenvalue weighted by molar-refractivity contribution is 7.89. The van der Waals surface area contributed by atoms with E-state index in [-0.39, 0.29) is 16.2 Å². The number of rotatable bonds is 5. The van der Waals surface area contributed by atoms with Crippen LogP contribution in [0.3, 0.4) is 0 Å². The third-order valence-corrected chi connectivity index (χ3v) is 4.40. The zero-order chi connectivity index (χ0) is 16.4. The van der Waals surface area contributed by atoms with Gasteiger partial charge >= 0.3 is 0 Å². The van der Waals surface area contributed by atoms with Gasteiger partial charge in [-0.15, -0.1) is 0 Å². The number of aryl methyl sites for hydroxylation is 1. The molecule has 0 fully saturated rings. The smallest absolute Gasteiger partial charge is 0.238 e. The van der Waals surface area contributed by atoms with Crippen molar-refractivity contribution in [3.63, 3.8) is 0 Å². The van der Waals surface area contributed by atoms with E-state index in [9.17, 15) is 8.42 Å². The monoisotopic (exact) mass is 313 g/mol. The van der Waals surface area contributed by atoms with Gasteiger partial charge in [-0.05, 0) is 47.9 Å². The highest BCUT2D eigenvalue weighted by Crippen LogP contribution is 2.32. The van der Waals surface area contributed by atoms with Gasteiger partial charge < -0.3 is 4.74 Å². The maximum Gasteiger partial charge on any atom is 0.238 e. The Morgan fingerprint density at radius 3 is 2.24 bits per heavy atom. The first-order valence-corrected chi connectivity index (χ1v) is 8.76. The molecule has 5 heteroatoms. The van der Waals surface area contributed by atoms with Gasteiger partial charge in [-0.2, -0.15) is 0 Å². The zero-order valence-electron chi connectivity index (χ0n) is 13.9. The standard InChI is InChI=1S/C16H27NO3S/c1-11(2)13-10-15(21(17,18)19)12(3)9-14(13)20-8-7-16(4,5)6/h9-11H,7-8H2,1-6H3,(H2,17,18,19). The summed E-state index contributed by atoms with van der Waals surface area (Å²) in [6.07, 6.45) is 0.931. The molecule has 1 aromatic rings. The molecule has 0 saturated carbocycles. The molecular formula is C16H27NO3S. The van der Waals surface area contributed by atoms with Crippen molar-refractivity contribution in [2.45, 2.75) is 58.8 Å². The molecule has 2 N–H and O–H groups in total. The van der Waals surface area contributed by atoms with Crippen LogP contribution in [-0.4, -0.2) is 15.0 Å². The first kappa shape index (κ1) is 18.0. The van der Waals surface area contributed by atoms with Crippen molar-refractivity contribution < 1.29 is 13.2 Å². The Balaban J connectivity index is 3.12. The summed E-state index contributed by atoms with van der Waals surface area (Å²) < 4.78 is 29.1. The summed E-state index contributed by atoms with van der Waals surface area (Å²) in [6.45, 7) is 12.8. The SMILES string of the molecule is Cc1cc(OCCC(C)(C)C)c(C(C)C)cc1S(N)(=O)=O. The molecule has 0 aliphatic heterocycles. The van der Waals surface area contributed by atoms with E-state index in [1.807, 2.05) is 13.8 Å². The van der Waals surface area contributed by atoms with Crippen molar-refractivity contribution in [3.05, 3.63) is 23.3 Å². The fourth-order valence-electron chi connectivity index (χ4n) is 2.03. The number of nitrogens with two attached hydrogens (primary N) is 1. The number of benzene rings is 1. The fourth-order valence-corrected chi connectivity index (χ4v) is 2.83. The van der Waals surface area contributed by atoms with E-state index in [0.29, 0.717) is 12.2 Å². The van der Waals surface area contributed by atoms with E-state index in [1.54, 1.807) is 19.1 Å². The van der Waals surface area contributed by atoms with Crippen molar-refractivity contribution in [2.75, 3.05) is 6.61 Å². The Morgan fingerprint density at radius 1 is 1.24 bits per heavy atom. The van der Waals surface area contributed by atoms with Crippen LogP contribution in [0.2, 0.25) is 0 Å². The Labute approximate surface area is 128 Å². The van der Waals surface area contributed by atoms with Gasteiger partial charge in [0.1, 0.15) is 5.75 Å². The van der Waals surface area contributed by atoms with Gasteiger partial charge in [0.15, 0.2) is 0 Å². The van der Waals surface area contributed by atoms with Crippen LogP contribution in [-0.2, 0) is 10.0 Å². The summed E-state index contributed by atoms with van der Waals surface area (Å²) in [6, 6.07) is 3.42. The van der Waals surface area contributed by atoms with Crippen LogP contribution in [0.4, 0.5) is 0 Å². The molecule has 1 aromatic carbocycles. The highest BCUT2D eigenvalue weighted by Gasteiger charge is 2.18. The van der Waals surface area contributed by atoms with E-state index in [1.165, 1.54) is 0 Å². The van der Waals surface area contributed by atoms with Crippen molar-refractivity contribution in [1.82, 2.24) is 0 Å². The van der Waals surface area contributed by atoms with E-state index >= 15 is 0 Å². The minimum Gasteiger partial charge on any atom is -0.493 e. The van der Waals surface area contributed by atoms with Crippen LogP contribution in [0.5, 0.6) is 5.75 Å². The molecule has 4 nitrogen and oxygen atoms in total. The lowest BCUT2D eigenvalue weighted by molar-refractivity contribution is 0.240. The highest BCUT2D eigenvalue weighted by atomic mass is 32.2. The number of hydrogen-bond acceptors (Lipinski definition) is 3. The summed E-state index contributed by atoms with van der Waals surface area (Å²) in [5, 5.41) is 5.27. The van der Waals surface area contributed by atoms with Gasteiger partial charge in [0.25, 0.3) is 0 Å². The third-order valence-electron chi connectivity index (χ3n) is 3.35. The normalized spacial score (nSPS) is 12.8. The van der Waals surface area contributed by atoms with Gasteiger partial charge in [-0.1, -0.05) is 34.6 Å². The molecule has 120 valence electrons. The second kappa shape index (κ2) is 6.36. The summed E-state index contributed by atoms with van der Waals surface area (Å²) in [5.74, 6) is 0.912. The molecule has 1 rings (SSSR count). The molecule has 0 amide bonds. The summed E-state index contributed by atoms with van der Waals surface area (Å²) in [4.78, 5) is 0.175. The second-order valence-electron chi connectivity index (χ2n) is 7.01. The zero-order valence-corrected chi connectivity index (χ0v) is 14.7. The van der Waals surface area contributed by atoms with Crippen LogP contribution >= 0.6 is 0 Å². The lowest BCUT2D eigenvalue weighted by atomic mass is 9.93. The molecule has 21 heavy (non-hydrogen) atoms. The molecule has 0 atom stereocenters. The van der Waals surface area contributed by atoms with Crippen molar-refractivity contribution in [1.29, 1.82) is 0 Å². The topological polar surface area (TPSA) is 69.4 Å². The fraction of sp³-hybridized carbons (Fsp3) is 0.625. The lowest BCUT2D eigenvalue weighted by Gasteiger charge is -2.21. The number of sulfonamides is 1. The maximum atomic E-state index is 11.6. The van der Waals surface area contributed by atoms with Crippen LogP contribution in [0.1, 0.15) is 58.1 Å². The Morgan fingerprint density at radius 2 is 1.81 bits per heavy atom. The van der Waals surface area contributed by atoms with Crippen LogP contribution in [0, 0.1) is 12.3 Å². The van der Waals surface area contributed by atoms with E-state index in [2.05, 4.69) is 20.8 Å². The summed E-state index contributed by atoms with van der Waals surface area (Å²) in [7, 11) is -3.71. The first-order valence-electron chi connectivity index (χ1n) is 7.22. The second-order valence-corrected chi connectivity index (χ2v) is 8.54. The van der Waals surface area contributed by atoms with E-state index in [0.717, 1.165) is 17.7 Å². The predicted molar refractivity (Wildman–Crippen MR) is 86.2 cm³/mol. The Bertz CT molecular complexity index is 599. The van der Waals surface area contributed by atoms with Crippen molar-refractivity contribution in [3.8, 4) is 5.75 Å². The number of hydrogen-bond donors (Lipinski definition) is 1. The molecule has 0 spiro atoms. The molecule has 0 aliphatic rings. The van der Waals surface area contributed by atoms with Gasteiger partial charge in [-0.25, -0.2) is 13.6 Å². The lowest BCUT2D eigenvalue weighted by Crippen LogP contribution is -2.15. The van der Waals surface area contributed by atoms with Crippen LogP contribution < -0.4 is 9.88 Å². The predicted octanol–water partition coefficient (Wildman–Crippen LogP) is 3.58. The summed E-state index contributed by atoms with van der Waals surface area (Å²) >= 11 is 0. The Kier molecular flexibility index (Phi) is 5.45. The molecule has 0 unspecified atom stereocenters. The number of ether oxygens (including phenoxy) is 1. The molecule has 0 saturated heterocycles. The minimum atomic E-state index is -3.71. The summed E-state index contributed by atoms with van der Waals surface area (Å²) in [5.41, 5.74) is 1.69. The van der Waals surface area contributed by atoms with Crippen LogP contribution in [0.25, 0.3) is 0 Å². The molecule has 0 aliphatic carbocycles. The Hall–Kier alpha value is -1.07. The van der Waals surface area contributed by atoms with Gasteiger partial charge in [0, 0.05) is 0 Å². The average Bonchev–Trinajstić information content (AvgIpc) is 2.24. The molecule has 0 radical (unpaired) electrons. The molecular weight excluding hydrogens is 286 g/mol. The average molecular weight is 313 g/mol. The molecule has 0 aromatic heterocycles. The third kappa shape index (κ3) is 5.32. The number of primary sulfonamides is 1. The quantitative estimate of drug-likeness (QED) is 0.903. The van der Waals surface area contributed by atoms with E-state index in [4.69, 9.17) is 9.88 Å². The molecule has 0 heterocycles.